The molecule has 1 rings (SSSR count). The zero-order valence-electron chi connectivity index (χ0n) is 12.6. The third kappa shape index (κ3) is 3.33. The van der Waals surface area contributed by atoms with Gasteiger partial charge in [0.15, 0.2) is 0 Å². The summed E-state index contributed by atoms with van der Waals surface area (Å²) < 4.78 is 0. The summed E-state index contributed by atoms with van der Waals surface area (Å²) in [7, 11) is 0. The maximum atomic E-state index is 4.90. The molecule has 0 aromatic carbocycles. The second-order valence-electron chi connectivity index (χ2n) is 4.94. The maximum absolute atomic E-state index is 4.90. The fourth-order valence-corrected chi connectivity index (χ4v) is 3.77. The van der Waals surface area contributed by atoms with Gasteiger partial charge in [0.25, 0.3) is 0 Å². The monoisotopic (exact) mass is 268 g/mol. The molecule has 0 amide bonds. The number of hydrogen-bond acceptors (Lipinski definition) is 3. The Kier molecular flexibility index (Phi) is 6.30. The van der Waals surface area contributed by atoms with E-state index < -0.39 is 0 Å². The largest absolute Gasteiger partial charge is 0.306 e. The van der Waals surface area contributed by atoms with Gasteiger partial charge in [-0.05, 0) is 32.7 Å². The van der Waals surface area contributed by atoms with Crippen molar-refractivity contribution in [1.82, 2.24) is 10.3 Å². The van der Waals surface area contributed by atoms with Crippen molar-refractivity contribution in [2.75, 3.05) is 6.54 Å². The summed E-state index contributed by atoms with van der Waals surface area (Å²) in [4.78, 5) is 6.29. The maximum Gasteiger partial charge on any atom is 0.113 e. The van der Waals surface area contributed by atoms with Gasteiger partial charge in [-0.1, -0.05) is 40.5 Å². The molecule has 18 heavy (non-hydrogen) atoms. The highest BCUT2D eigenvalue weighted by molar-refractivity contribution is 7.11. The second-order valence-corrected chi connectivity index (χ2v) is 6.15. The first-order valence-corrected chi connectivity index (χ1v) is 8.16. The highest BCUT2D eigenvalue weighted by Crippen LogP contribution is 2.35. The molecule has 1 unspecified atom stereocenters. The first kappa shape index (κ1) is 15.6. The van der Waals surface area contributed by atoms with E-state index in [0.717, 1.165) is 19.4 Å². The number of rotatable bonds is 8. The Balaban J connectivity index is 3.05. The lowest BCUT2D eigenvalue weighted by atomic mass is 9.90. The van der Waals surface area contributed by atoms with Crippen LogP contribution < -0.4 is 5.32 Å². The van der Waals surface area contributed by atoms with Crippen LogP contribution in [0.15, 0.2) is 0 Å². The van der Waals surface area contributed by atoms with Gasteiger partial charge in [0.05, 0.1) is 11.2 Å². The van der Waals surface area contributed by atoms with Crippen LogP contribution in [0, 0.1) is 6.92 Å². The zero-order valence-corrected chi connectivity index (χ0v) is 13.4. The lowest BCUT2D eigenvalue weighted by Crippen LogP contribution is -2.41. The van der Waals surface area contributed by atoms with Gasteiger partial charge in [-0.3, -0.25) is 0 Å². The third-order valence-electron chi connectivity index (χ3n) is 3.71. The summed E-state index contributed by atoms with van der Waals surface area (Å²) in [6, 6.07) is 0. The molecule has 0 aliphatic carbocycles. The molecule has 1 atom stereocenters. The zero-order chi connectivity index (χ0) is 13.6. The standard InChI is InChI=1S/C15H28N2S/c1-6-10-11-15(8-3,16-9-4)14-17-13(7-2)12(5)18-14/h16H,6-11H2,1-5H3. The molecule has 1 aromatic rings. The van der Waals surface area contributed by atoms with Gasteiger partial charge in [0.1, 0.15) is 5.01 Å². The molecule has 0 saturated carbocycles. The van der Waals surface area contributed by atoms with Gasteiger partial charge in [-0.15, -0.1) is 11.3 Å². The number of unbranched alkanes of at least 4 members (excludes halogenated alkanes) is 1. The van der Waals surface area contributed by atoms with E-state index in [1.54, 1.807) is 0 Å². The van der Waals surface area contributed by atoms with Crippen LogP contribution in [0.25, 0.3) is 0 Å². The Hall–Kier alpha value is -0.410. The van der Waals surface area contributed by atoms with Crippen LogP contribution in [0.2, 0.25) is 0 Å². The average molecular weight is 268 g/mol. The highest BCUT2D eigenvalue weighted by Gasteiger charge is 2.32. The predicted molar refractivity (Wildman–Crippen MR) is 81.4 cm³/mol. The van der Waals surface area contributed by atoms with Gasteiger partial charge < -0.3 is 5.32 Å². The number of nitrogens with one attached hydrogen (secondary N) is 1. The average Bonchev–Trinajstić information content (AvgIpc) is 2.76. The Morgan fingerprint density at radius 3 is 2.39 bits per heavy atom. The molecule has 1 N–H and O–H groups in total. The van der Waals surface area contributed by atoms with Crippen molar-refractivity contribution in [2.24, 2.45) is 0 Å². The number of aromatic nitrogens is 1. The Morgan fingerprint density at radius 2 is 1.94 bits per heavy atom. The predicted octanol–water partition coefficient (Wildman–Crippen LogP) is 4.42. The molecule has 0 fully saturated rings. The van der Waals surface area contributed by atoms with Gasteiger partial charge in [0.2, 0.25) is 0 Å². The van der Waals surface area contributed by atoms with E-state index in [4.69, 9.17) is 4.98 Å². The van der Waals surface area contributed by atoms with Crippen molar-refractivity contribution in [3.8, 4) is 0 Å². The molecule has 104 valence electrons. The SMILES string of the molecule is CCCCC(CC)(NCC)c1nc(CC)c(C)s1. The van der Waals surface area contributed by atoms with E-state index in [1.165, 1.54) is 34.8 Å². The molecule has 0 aliphatic rings. The van der Waals surface area contributed by atoms with Crippen molar-refractivity contribution >= 4 is 11.3 Å². The van der Waals surface area contributed by atoms with E-state index in [9.17, 15) is 0 Å². The number of nitrogens with zero attached hydrogens (tertiary/aromatic N) is 1. The quantitative estimate of drug-likeness (QED) is 0.755. The van der Waals surface area contributed by atoms with Crippen molar-refractivity contribution in [3.05, 3.63) is 15.6 Å². The molecule has 2 nitrogen and oxygen atoms in total. The van der Waals surface area contributed by atoms with E-state index in [0.29, 0.717) is 0 Å². The lowest BCUT2D eigenvalue weighted by Gasteiger charge is -2.32. The minimum Gasteiger partial charge on any atom is -0.306 e. The summed E-state index contributed by atoms with van der Waals surface area (Å²) in [5.41, 5.74) is 1.38. The second kappa shape index (κ2) is 7.25. The molecular formula is C15H28N2S. The van der Waals surface area contributed by atoms with Crippen LogP contribution >= 0.6 is 11.3 Å². The van der Waals surface area contributed by atoms with Crippen molar-refractivity contribution in [3.63, 3.8) is 0 Å². The van der Waals surface area contributed by atoms with Gasteiger partial charge >= 0.3 is 0 Å². The number of thiazole rings is 1. The molecule has 0 saturated heterocycles. The summed E-state index contributed by atoms with van der Waals surface area (Å²) in [6.45, 7) is 12.1. The van der Waals surface area contributed by atoms with E-state index in [1.807, 2.05) is 11.3 Å². The van der Waals surface area contributed by atoms with Crippen molar-refractivity contribution in [2.45, 2.75) is 72.3 Å². The Labute approximate surface area is 116 Å². The Bertz CT molecular complexity index is 359. The van der Waals surface area contributed by atoms with Crippen molar-refractivity contribution < 1.29 is 0 Å². The van der Waals surface area contributed by atoms with Gasteiger partial charge in [0, 0.05) is 4.88 Å². The fraction of sp³-hybridized carbons (Fsp3) is 0.800. The molecule has 0 aliphatic heterocycles. The summed E-state index contributed by atoms with van der Waals surface area (Å²) in [5, 5.41) is 5.01. The smallest absolute Gasteiger partial charge is 0.113 e. The van der Waals surface area contributed by atoms with Gasteiger partial charge in [-0.25, -0.2) is 4.98 Å². The minimum atomic E-state index is 0.105. The van der Waals surface area contributed by atoms with Crippen LogP contribution in [0.1, 0.15) is 69.0 Å². The van der Waals surface area contributed by atoms with Crippen LogP contribution in [0.4, 0.5) is 0 Å². The number of hydrogen-bond donors (Lipinski definition) is 1. The third-order valence-corrected chi connectivity index (χ3v) is 4.93. The minimum absolute atomic E-state index is 0.105. The molecule has 0 spiro atoms. The normalized spacial score (nSPS) is 14.7. The fourth-order valence-electron chi connectivity index (χ4n) is 2.50. The molecular weight excluding hydrogens is 240 g/mol. The number of aryl methyl sites for hydroxylation is 2. The highest BCUT2D eigenvalue weighted by atomic mass is 32.1. The van der Waals surface area contributed by atoms with E-state index in [2.05, 4.69) is 39.9 Å². The Morgan fingerprint density at radius 1 is 1.22 bits per heavy atom. The van der Waals surface area contributed by atoms with Crippen LogP contribution in [-0.4, -0.2) is 11.5 Å². The van der Waals surface area contributed by atoms with E-state index >= 15 is 0 Å². The first-order valence-electron chi connectivity index (χ1n) is 7.35. The molecule has 1 aromatic heterocycles. The summed E-state index contributed by atoms with van der Waals surface area (Å²) in [5.74, 6) is 0. The molecule has 3 heteroatoms. The summed E-state index contributed by atoms with van der Waals surface area (Å²) >= 11 is 1.89. The van der Waals surface area contributed by atoms with Crippen LogP contribution in [0.3, 0.4) is 0 Å². The van der Waals surface area contributed by atoms with Crippen LogP contribution in [0.5, 0.6) is 0 Å². The van der Waals surface area contributed by atoms with Crippen molar-refractivity contribution in [1.29, 1.82) is 0 Å². The molecule has 1 heterocycles. The van der Waals surface area contributed by atoms with E-state index in [-0.39, 0.29) is 5.54 Å². The lowest BCUT2D eigenvalue weighted by molar-refractivity contribution is 0.293. The first-order chi connectivity index (χ1) is 8.63. The molecule has 0 radical (unpaired) electrons. The summed E-state index contributed by atoms with van der Waals surface area (Å²) in [6.07, 6.45) is 5.88. The van der Waals surface area contributed by atoms with Gasteiger partial charge in [-0.2, -0.15) is 0 Å². The van der Waals surface area contributed by atoms with Crippen LogP contribution in [-0.2, 0) is 12.0 Å². The molecule has 0 bridgehead atoms. The topological polar surface area (TPSA) is 24.9 Å².